The van der Waals surface area contributed by atoms with Gasteiger partial charge in [0.2, 0.25) is 6.10 Å². The van der Waals surface area contributed by atoms with Crippen LogP contribution in [0.2, 0.25) is 0 Å². The second-order valence-corrected chi connectivity index (χ2v) is 17.7. The highest BCUT2D eigenvalue weighted by molar-refractivity contribution is 5.83. The molecule has 58 heavy (non-hydrogen) atoms. The minimum absolute atomic E-state index is 0.188. The first-order valence-electron chi connectivity index (χ1n) is 25.7. The third-order valence-electron chi connectivity index (χ3n) is 11.9. The van der Waals surface area contributed by atoms with E-state index in [1.807, 2.05) is 0 Å². The zero-order valence-electron chi connectivity index (χ0n) is 39.0. The first-order valence-corrected chi connectivity index (χ1v) is 25.7. The predicted octanol–water partition coefficient (Wildman–Crippen LogP) is 16.9. The monoisotopic (exact) mass is 819 g/mol. The second kappa shape index (κ2) is 46.2. The summed E-state index contributed by atoms with van der Waals surface area (Å²) in [6, 6.07) is 0. The Morgan fingerprint density at radius 1 is 0.397 bits per heavy atom. The lowest BCUT2D eigenvalue weighted by Gasteiger charge is -2.20. The number of rotatable bonds is 47. The summed E-state index contributed by atoms with van der Waals surface area (Å²) in [5.41, 5.74) is 0. The molecule has 0 aliphatic carbocycles. The summed E-state index contributed by atoms with van der Waals surface area (Å²) >= 11 is 0. The number of esters is 2. The van der Waals surface area contributed by atoms with Crippen LogP contribution in [-0.2, 0) is 23.9 Å². The summed E-state index contributed by atoms with van der Waals surface area (Å²) in [5, 5.41) is 9.77. The van der Waals surface area contributed by atoms with Crippen molar-refractivity contribution in [3.05, 3.63) is 12.2 Å². The van der Waals surface area contributed by atoms with Crippen LogP contribution in [0.4, 0.5) is 0 Å². The number of hydrogen-bond donors (Lipinski definition) is 1. The Balaban J connectivity index is 4.53. The largest absolute Gasteiger partial charge is 0.478 e. The van der Waals surface area contributed by atoms with Crippen LogP contribution in [0.25, 0.3) is 0 Å². The van der Waals surface area contributed by atoms with Gasteiger partial charge in [0.15, 0.2) is 0 Å². The van der Waals surface area contributed by atoms with Crippen LogP contribution in [-0.4, -0.2) is 35.2 Å². The highest BCUT2D eigenvalue weighted by atomic mass is 16.6. The summed E-state index contributed by atoms with van der Waals surface area (Å²) in [6.45, 7) is 6.78. The van der Waals surface area contributed by atoms with Gasteiger partial charge in [-0.25, -0.2) is 4.79 Å². The molecule has 0 aliphatic rings. The topological polar surface area (TPSA) is 89.9 Å². The van der Waals surface area contributed by atoms with Gasteiger partial charge in [0.1, 0.15) is 6.10 Å². The fourth-order valence-corrected chi connectivity index (χ4v) is 7.99. The Hall–Kier alpha value is -1.85. The van der Waals surface area contributed by atoms with E-state index in [-0.39, 0.29) is 12.5 Å². The maximum atomic E-state index is 13.0. The van der Waals surface area contributed by atoms with Gasteiger partial charge in [-0.05, 0) is 57.8 Å². The number of carboxylic acid groups (broad SMARTS) is 1. The maximum absolute atomic E-state index is 13.0. The van der Waals surface area contributed by atoms with Crippen LogP contribution in [0, 0.1) is 0 Å². The van der Waals surface area contributed by atoms with E-state index in [4.69, 9.17) is 9.47 Å². The van der Waals surface area contributed by atoms with E-state index >= 15 is 0 Å². The SMILES string of the molecule is CCCCCCCC/C=C\CCCCCCCCC(CCCCCCCCCCCCCCC)OC(=O)CC(OC(=O)CCCCCCCCCCCCC)C(=O)O. The smallest absolute Gasteiger partial charge is 0.345 e. The quantitative estimate of drug-likeness (QED) is 0.0374. The van der Waals surface area contributed by atoms with E-state index in [0.717, 1.165) is 51.4 Å². The number of carboxylic acids is 1. The van der Waals surface area contributed by atoms with Gasteiger partial charge in [0.25, 0.3) is 0 Å². The lowest BCUT2D eigenvalue weighted by Crippen LogP contribution is -2.31. The van der Waals surface area contributed by atoms with Gasteiger partial charge >= 0.3 is 17.9 Å². The fourth-order valence-electron chi connectivity index (χ4n) is 7.99. The van der Waals surface area contributed by atoms with Gasteiger partial charge in [-0.1, -0.05) is 232 Å². The highest BCUT2D eigenvalue weighted by Crippen LogP contribution is 2.20. The van der Waals surface area contributed by atoms with Crippen molar-refractivity contribution < 1.29 is 29.0 Å². The summed E-state index contributed by atoms with van der Waals surface area (Å²) in [6.07, 6.45) is 51.8. The minimum Gasteiger partial charge on any atom is -0.478 e. The molecule has 0 bridgehead atoms. The Kier molecular flexibility index (Phi) is 44.7. The second-order valence-electron chi connectivity index (χ2n) is 17.7. The van der Waals surface area contributed by atoms with E-state index in [1.165, 1.54) is 199 Å². The van der Waals surface area contributed by atoms with Crippen LogP contribution in [0.15, 0.2) is 12.2 Å². The molecule has 342 valence electrons. The van der Waals surface area contributed by atoms with Gasteiger partial charge in [-0.2, -0.15) is 0 Å². The van der Waals surface area contributed by atoms with E-state index in [2.05, 4.69) is 32.9 Å². The van der Waals surface area contributed by atoms with Crippen molar-refractivity contribution in [3.8, 4) is 0 Å². The van der Waals surface area contributed by atoms with Crippen molar-refractivity contribution in [1.82, 2.24) is 0 Å². The van der Waals surface area contributed by atoms with Crippen LogP contribution >= 0.6 is 0 Å². The minimum atomic E-state index is -1.49. The summed E-state index contributed by atoms with van der Waals surface area (Å²) in [4.78, 5) is 37.5. The lowest BCUT2D eigenvalue weighted by molar-refractivity contribution is -0.170. The average Bonchev–Trinajstić information content (AvgIpc) is 3.21. The van der Waals surface area contributed by atoms with Crippen LogP contribution in [0.1, 0.15) is 290 Å². The molecular formula is C52H98O6. The number of carbonyl (C=O) groups is 3. The van der Waals surface area contributed by atoms with Crippen molar-refractivity contribution in [3.63, 3.8) is 0 Å². The summed E-state index contributed by atoms with van der Waals surface area (Å²) < 4.78 is 11.2. The zero-order valence-corrected chi connectivity index (χ0v) is 39.0. The lowest BCUT2D eigenvalue weighted by atomic mass is 10.0. The predicted molar refractivity (Wildman–Crippen MR) is 247 cm³/mol. The maximum Gasteiger partial charge on any atom is 0.345 e. The van der Waals surface area contributed by atoms with Crippen LogP contribution in [0.3, 0.4) is 0 Å². The standard InChI is InChI=1S/C52H98O6/c1-4-7-10-13-16-19-22-24-25-26-28-31-33-36-39-42-45-48(44-41-38-35-32-30-27-23-20-17-14-11-8-5-2)57-51(54)47-49(52(55)56)58-50(53)46-43-40-37-34-29-21-18-15-12-9-6-3/h24-25,48-49H,4-23,26-47H2,1-3H3,(H,55,56)/b25-24-. The molecule has 0 aromatic rings. The van der Waals surface area contributed by atoms with Crippen LogP contribution in [0.5, 0.6) is 0 Å². The molecule has 0 aliphatic heterocycles. The molecule has 2 atom stereocenters. The van der Waals surface area contributed by atoms with Crippen molar-refractivity contribution >= 4 is 17.9 Å². The molecule has 0 rings (SSSR count). The number of allylic oxidation sites excluding steroid dienone is 2. The summed E-state index contributed by atoms with van der Waals surface area (Å²) in [5.74, 6) is -2.39. The van der Waals surface area contributed by atoms with Crippen molar-refractivity contribution in [2.24, 2.45) is 0 Å². The van der Waals surface area contributed by atoms with Gasteiger partial charge in [-0.15, -0.1) is 0 Å². The van der Waals surface area contributed by atoms with Gasteiger partial charge in [0.05, 0.1) is 6.42 Å². The van der Waals surface area contributed by atoms with Crippen molar-refractivity contribution in [2.45, 2.75) is 303 Å². The first kappa shape index (κ1) is 56.1. The first-order chi connectivity index (χ1) is 28.4. The number of hydrogen-bond acceptors (Lipinski definition) is 5. The molecule has 0 aromatic carbocycles. The van der Waals surface area contributed by atoms with Crippen LogP contribution < -0.4 is 0 Å². The molecule has 0 heterocycles. The molecule has 0 saturated heterocycles. The molecule has 0 fully saturated rings. The normalized spacial score (nSPS) is 12.6. The molecule has 0 radical (unpaired) electrons. The molecule has 0 saturated carbocycles. The fraction of sp³-hybridized carbons (Fsp3) is 0.904. The Morgan fingerprint density at radius 3 is 1.05 bits per heavy atom. The molecule has 0 spiro atoms. The number of carbonyl (C=O) groups excluding carboxylic acids is 2. The van der Waals surface area contributed by atoms with E-state index in [0.29, 0.717) is 6.42 Å². The van der Waals surface area contributed by atoms with Gasteiger partial charge < -0.3 is 14.6 Å². The molecular weight excluding hydrogens is 721 g/mol. The van der Waals surface area contributed by atoms with Crippen molar-refractivity contribution in [1.29, 1.82) is 0 Å². The zero-order chi connectivity index (χ0) is 42.4. The Morgan fingerprint density at radius 2 is 0.707 bits per heavy atom. The number of aliphatic carboxylic acids is 1. The number of unbranched alkanes of at least 4 members (excludes halogenated alkanes) is 34. The molecule has 6 nitrogen and oxygen atoms in total. The Bertz CT molecular complexity index is 916. The molecule has 0 aromatic heterocycles. The third-order valence-corrected chi connectivity index (χ3v) is 11.9. The number of ether oxygens (including phenoxy) is 2. The van der Waals surface area contributed by atoms with Gasteiger partial charge in [-0.3, -0.25) is 9.59 Å². The van der Waals surface area contributed by atoms with E-state index in [1.54, 1.807) is 0 Å². The molecule has 2 unspecified atom stereocenters. The van der Waals surface area contributed by atoms with Gasteiger partial charge in [0, 0.05) is 6.42 Å². The average molecular weight is 819 g/mol. The molecule has 1 N–H and O–H groups in total. The van der Waals surface area contributed by atoms with E-state index < -0.39 is 30.4 Å². The Labute approximate surface area is 360 Å². The molecule has 0 amide bonds. The molecule has 6 heteroatoms. The third kappa shape index (κ3) is 42.3. The van der Waals surface area contributed by atoms with E-state index in [9.17, 15) is 19.5 Å². The highest BCUT2D eigenvalue weighted by Gasteiger charge is 2.27. The van der Waals surface area contributed by atoms with Crippen molar-refractivity contribution in [2.75, 3.05) is 0 Å². The summed E-state index contributed by atoms with van der Waals surface area (Å²) in [7, 11) is 0.